The molecule has 2 rings (SSSR count). The Hall–Kier alpha value is -1.10. The lowest BCUT2D eigenvalue weighted by Crippen LogP contribution is -2.31. The van der Waals surface area contributed by atoms with Crippen molar-refractivity contribution in [3.05, 3.63) is 0 Å². The number of hydrogen-bond acceptors (Lipinski definition) is 3. The third-order valence-electron chi connectivity index (χ3n) is 3.58. The maximum atomic E-state index is 12.0. The molecule has 2 aliphatic rings. The van der Waals surface area contributed by atoms with E-state index in [-0.39, 0.29) is 11.8 Å². The second-order valence-corrected chi connectivity index (χ2v) is 4.89. The van der Waals surface area contributed by atoms with Gasteiger partial charge in [-0.25, -0.2) is 0 Å². The summed E-state index contributed by atoms with van der Waals surface area (Å²) in [7, 11) is 0. The summed E-state index contributed by atoms with van der Waals surface area (Å²) in [5.74, 6) is -1.10. The number of ether oxygens (including phenoxy) is 1. The highest BCUT2D eigenvalue weighted by molar-refractivity contribution is 5.89. The molecule has 1 saturated carbocycles. The Morgan fingerprint density at radius 1 is 1.41 bits per heavy atom. The molecule has 17 heavy (non-hydrogen) atoms. The van der Waals surface area contributed by atoms with E-state index in [9.17, 15) is 9.59 Å². The van der Waals surface area contributed by atoms with Gasteiger partial charge in [0.05, 0.1) is 18.4 Å². The molecule has 5 heteroatoms. The summed E-state index contributed by atoms with van der Waals surface area (Å²) in [6.45, 7) is 4.84. The number of aliphatic carboxylic acids is 1. The molecule has 2 fully saturated rings. The van der Waals surface area contributed by atoms with Gasteiger partial charge >= 0.3 is 5.97 Å². The molecule has 5 nitrogen and oxygen atoms in total. The standard InChI is InChI=1S/C12H19NO4/c1-2-17-7-8-3-4-13(6-8)11(14)9-5-10(9)12(15)16/h8-10H,2-7H2,1H3,(H,15,16)/t8-,9+,10-/m1/s1. The molecule has 1 N–H and O–H groups in total. The van der Waals surface area contributed by atoms with Gasteiger partial charge in [0.25, 0.3) is 0 Å². The van der Waals surface area contributed by atoms with Crippen LogP contribution >= 0.6 is 0 Å². The highest BCUT2D eigenvalue weighted by atomic mass is 16.5. The van der Waals surface area contributed by atoms with Gasteiger partial charge < -0.3 is 14.7 Å². The molecule has 0 bridgehead atoms. The first-order chi connectivity index (χ1) is 8.13. The summed E-state index contributed by atoms with van der Waals surface area (Å²) in [5.41, 5.74) is 0. The van der Waals surface area contributed by atoms with Gasteiger partial charge in [-0.15, -0.1) is 0 Å². The topological polar surface area (TPSA) is 66.8 Å². The fourth-order valence-corrected chi connectivity index (χ4v) is 2.43. The number of carboxylic acid groups (broad SMARTS) is 1. The number of hydrogen-bond donors (Lipinski definition) is 1. The molecule has 0 aromatic carbocycles. The van der Waals surface area contributed by atoms with Gasteiger partial charge in [0.15, 0.2) is 0 Å². The number of carboxylic acids is 1. The van der Waals surface area contributed by atoms with Crippen LogP contribution in [0.1, 0.15) is 19.8 Å². The fraction of sp³-hybridized carbons (Fsp3) is 0.833. The van der Waals surface area contributed by atoms with Crippen molar-refractivity contribution in [1.29, 1.82) is 0 Å². The number of carbonyl (C=O) groups is 2. The lowest BCUT2D eigenvalue weighted by molar-refractivity contribution is -0.141. The van der Waals surface area contributed by atoms with E-state index in [0.29, 0.717) is 25.6 Å². The maximum absolute atomic E-state index is 12.0. The zero-order valence-electron chi connectivity index (χ0n) is 10.1. The van der Waals surface area contributed by atoms with Crippen LogP contribution in [0.15, 0.2) is 0 Å². The van der Waals surface area contributed by atoms with Crippen LogP contribution in [-0.2, 0) is 14.3 Å². The summed E-state index contributed by atoms with van der Waals surface area (Å²) in [4.78, 5) is 24.5. The molecule has 96 valence electrons. The molecule has 0 unspecified atom stereocenters. The summed E-state index contributed by atoms with van der Waals surface area (Å²) < 4.78 is 5.35. The fourth-order valence-electron chi connectivity index (χ4n) is 2.43. The van der Waals surface area contributed by atoms with E-state index in [0.717, 1.165) is 19.5 Å². The molecule has 0 aromatic heterocycles. The van der Waals surface area contributed by atoms with Crippen molar-refractivity contribution in [3.8, 4) is 0 Å². The van der Waals surface area contributed by atoms with Crippen molar-refractivity contribution in [2.45, 2.75) is 19.8 Å². The molecule has 3 atom stereocenters. The van der Waals surface area contributed by atoms with Gasteiger partial charge in [0, 0.05) is 25.6 Å². The summed E-state index contributed by atoms with van der Waals surface area (Å²) in [6.07, 6.45) is 1.48. The molecule has 0 radical (unpaired) electrons. The zero-order chi connectivity index (χ0) is 12.4. The minimum atomic E-state index is -0.839. The number of carbonyl (C=O) groups excluding carboxylic acids is 1. The van der Waals surface area contributed by atoms with Crippen LogP contribution in [0, 0.1) is 17.8 Å². The lowest BCUT2D eigenvalue weighted by Gasteiger charge is -2.16. The van der Waals surface area contributed by atoms with Gasteiger partial charge in [-0.05, 0) is 19.8 Å². The van der Waals surface area contributed by atoms with E-state index in [2.05, 4.69) is 0 Å². The Bertz CT molecular complexity index is 318. The predicted octanol–water partition coefficient (Wildman–Crippen LogP) is 0.592. The van der Waals surface area contributed by atoms with Crippen LogP contribution in [-0.4, -0.2) is 48.2 Å². The summed E-state index contributed by atoms with van der Waals surface area (Å²) >= 11 is 0. The normalized spacial score (nSPS) is 31.6. The number of likely N-dealkylation sites (tertiary alicyclic amines) is 1. The van der Waals surface area contributed by atoms with Crippen LogP contribution in [0.4, 0.5) is 0 Å². The molecular formula is C12H19NO4. The van der Waals surface area contributed by atoms with E-state index >= 15 is 0 Å². The van der Waals surface area contributed by atoms with Gasteiger partial charge in [-0.1, -0.05) is 0 Å². The van der Waals surface area contributed by atoms with Crippen molar-refractivity contribution in [2.75, 3.05) is 26.3 Å². The molecule has 1 amide bonds. The molecular weight excluding hydrogens is 222 g/mol. The average molecular weight is 241 g/mol. The third-order valence-corrected chi connectivity index (χ3v) is 3.58. The van der Waals surface area contributed by atoms with Gasteiger partial charge in [0.1, 0.15) is 0 Å². The van der Waals surface area contributed by atoms with E-state index in [1.807, 2.05) is 6.92 Å². The second kappa shape index (κ2) is 5.04. The Kier molecular flexibility index (Phi) is 3.66. The quantitative estimate of drug-likeness (QED) is 0.765. The zero-order valence-corrected chi connectivity index (χ0v) is 10.1. The first kappa shape index (κ1) is 12.4. The van der Waals surface area contributed by atoms with Crippen molar-refractivity contribution >= 4 is 11.9 Å². The van der Waals surface area contributed by atoms with E-state index in [4.69, 9.17) is 9.84 Å². The smallest absolute Gasteiger partial charge is 0.307 e. The van der Waals surface area contributed by atoms with E-state index in [1.54, 1.807) is 4.90 Å². The van der Waals surface area contributed by atoms with Crippen molar-refractivity contribution < 1.29 is 19.4 Å². The minimum absolute atomic E-state index is 0.0244. The lowest BCUT2D eigenvalue weighted by atomic mass is 10.1. The van der Waals surface area contributed by atoms with Gasteiger partial charge in [-0.2, -0.15) is 0 Å². The predicted molar refractivity (Wildman–Crippen MR) is 60.4 cm³/mol. The van der Waals surface area contributed by atoms with Crippen LogP contribution in [0.25, 0.3) is 0 Å². The average Bonchev–Trinajstić information content (AvgIpc) is 2.98. The van der Waals surface area contributed by atoms with E-state index in [1.165, 1.54) is 0 Å². The Balaban J connectivity index is 1.77. The number of amides is 1. The molecule has 1 aliphatic heterocycles. The Morgan fingerprint density at radius 2 is 2.18 bits per heavy atom. The first-order valence-corrected chi connectivity index (χ1v) is 6.22. The summed E-state index contributed by atoms with van der Waals surface area (Å²) in [5, 5.41) is 8.79. The maximum Gasteiger partial charge on any atom is 0.307 e. The monoisotopic (exact) mass is 241 g/mol. The van der Waals surface area contributed by atoms with Crippen LogP contribution < -0.4 is 0 Å². The third kappa shape index (κ3) is 2.77. The molecule has 0 aromatic rings. The van der Waals surface area contributed by atoms with Gasteiger partial charge in [0.2, 0.25) is 5.91 Å². The van der Waals surface area contributed by atoms with Crippen LogP contribution in [0.5, 0.6) is 0 Å². The summed E-state index contributed by atoms with van der Waals surface area (Å²) in [6, 6.07) is 0. The van der Waals surface area contributed by atoms with Crippen molar-refractivity contribution in [3.63, 3.8) is 0 Å². The van der Waals surface area contributed by atoms with Crippen LogP contribution in [0.3, 0.4) is 0 Å². The van der Waals surface area contributed by atoms with Crippen LogP contribution in [0.2, 0.25) is 0 Å². The minimum Gasteiger partial charge on any atom is -0.481 e. The largest absolute Gasteiger partial charge is 0.481 e. The molecule has 0 spiro atoms. The molecule has 1 heterocycles. The Morgan fingerprint density at radius 3 is 2.76 bits per heavy atom. The molecule has 1 aliphatic carbocycles. The SMILES string of the molecule is CCOC[C@@H]1CCN(C(=O)[C@H]2C[C@H]2C(=O)O)C1. The van der Waals surface area contributed by atoms with E-state index < -0.39 is 11.9 Å². The second-order valence-electron chi connectivity index (χ2n) is 4.89. The van der Waals surface area contributed by atoms with Crippen molar-refractivity contribution in [1.82, 2.24) is 4.90 Å². The van der Waals surface area contributed by atoms with Crippen molar-refractivity contribution in [2.24, 2.45) is 17.8 Å². The van der Waals surface area contributed by atoms with Gasteiger partial charge in [-0.3, -0.25) is 9.59 Å². The number of rotatable bonds is 5. The highest BCUT2D eigenvalue weighted by Gasteiger charge is 2.50. The Labute approximate surface area is 101 Å². The highest BCUT2D eigenvalue weighted by Crippen LogP contribution is 2.40. The molecule has 1 saturated heterocycles. The number of nitrogens with zero attached hydrogens (tertiary/aromatic N) is 1. The first-order valence-electron chi connectivity index (χ1n) is 6.22.